The number of unbranched alkanes of at least 4 members (excludes halogenated alkanes) is 22. The Bertz CT molecular complexity index is 561. The fourth-order valence-electron chi connectivity index (χ4n) is 6.13. The van der Waals surface area contributed by atoms with Crippen molar-refractivity contribution in [3.05, 3.63) is 0 Å². The first-order valence-electron chi connectivity index (χ1n) is 19.9. The third-order valence-corrected chi connectivity index (χ3v) is 14.7. The van der Waals surface area contributed by atoms with Gasteiger partial charge in [-0.05, 0) is 0 Å². The zero-order valence-electron chi connectivity index (χ0n) is 30.4. The number of carbonyl (C=O) groups is 1. The maximum atomic E-state index is 12.0. The Morgan fingerprint density at radius 1 is 0.500 bits per heavy atom. The summed E-state index contributed by atoms with van der Waals surface area (Å²) in [6, 6.07) is 0. The molecule has 0 saturated heterocycles. The van der Waals surface area contributed by atoms with Crippen LogP contribution in [0.2, 0.25) is 15.6 Å². The van der Waals surface area contributed by atoms with Gasteiger partial charge in [-0.2, -0.15) is 0 Å². The van der Waals surface area contributed by atoms with Crippen molar-refractivity contribution in [2.45, 2.75) is 210 Å². The van der Waals surface area contributed by atoms with Crippen LogP contribution in [0.25, 0.3) is 0 Å². The van der Waals surface area contributed by atoms with Crippen LogP contribution in [0, 0.1) is 0 Å². The molecule has 0 bridgehead atoms. The Labute approximate surface area is 281 Å². The van der Waals surface area contributed by atoms with Crippen LogP contribution >= 0.6 is 0 Å². The van der Waals surface area contributed by atoms with Crippen LogP contribution in [-0.2, 0) is 9.53 Å². The molecule has 4 nitrogen and oxygen atoms in total. The molecule has 0 aliphatic heterocycles. The van der Waals surface area contributed by atoms with E-state index >= 15 is 0 Å². The molecule has 0 saturated carbocycles. The minimum absolute atomic E-state index is 0.00607. The topological polar surface area (TPSA) is 49.8 Å². The van der Waals surface area contributed by atoms with Gasteiger partial charge in [-0.25, -0.2) is 0 Å². The van der Waals surface area contributed by atoms with E-state index in [4.69, 9.17) is 4.74 Å². The Morgan fingerprint density at radius 2 is 0.932 bits per heavy atom. The van der Waals surface area contributed by atoms with Crippen LogP contribution in [0.1, 0.15) is 194 Å². The van der Waals surface area contributed by atoms with Crippen LogP contribution in [0.15, 0.2) is 0 Å². The quantitative estimate of drug-likeness (QED) is 0.0402. The molecule has 0 radical (unpaired) electrons. The summed E-state index contributed by atoms with van der Waals surface area (Å²) in [6.07, 6.45) is 35.2. The first-order chi connectivity index (χ1) is 21.7. The molecule has 264 valence electrons. The summed E-state index contributed by atoms with van der Waals surface area (Å²) >= 11 is -0.944. The third kappa shape index (κ3) is 33.3. The van der Waals surface area contributed by atoms with Crippen molar-refractivity contribution in [1.82, 2.24) is 4.90 Å². The van der Waals surface area contributed by atoms with E-state index in [0.29, 0.717) is 19.6 Å². The number of esters is 1. The van der Waals surface area contributed by atoms with Gasteiger partial charge in [0.1, 0.15) is 0 Å². The molecule has 0 aromatic rings. The fraction of sp³-hybridized carbons (Fsp3) is 0.974. The van der Waals surface area contributed by atoms with E-state index in [-0.39, 0.29) is 5.97 Å². The predicted octanol–water partition coefficient (Wildman–Crippen LogP) is 11.9. The molecule has 0 spiro atoms. The summed E-state index contributed by atoms with van der Waals surface area (Å²) in [5.74, 6) is -0.00607. The number of aliphatic hydroxyl groups excluding tert-OH is 1. The number of ether oxygens (including phenoxy) is 1. The van der Waals surface area contributed by atoms with E-state index in [9.17, 15) is 9.90 Å². The second-order valence-electron chi connectivity index (χ2n) is 13.5. The zero-order chi connectivity index (χ0) is 32.2. The average molecular weight is 686 g/mol. The van der Waals surface area contributed by atoms with Crippen molar-refractivity contribution in [3.8, 4) is 0 Å². The molecule has 1 atom stereocenters. The number of aliphatic hydroxyl groups is 1. The molecule has 0 amide bonds. The maximum absolute atomic E-state index is 12.0. The van der Waals surface area contributed by atoms with Crippen molar-refractivity contribution in [2.75, 3.05) is 32.8 Å². The third-order valence-electron chi connectivity index (χ3n) is 9.17. The van der Waals surface area contributed by atoms with Gasteiger partial charge in [0.2, 0.25) is 0 Å². The van der Waals surface area contributed by atoms with Crippen molar-refractivity contribution in [3.63, 3.8) is 0 Å². The zero-order valence-corrected chi connectivity index (χ0v) is 32.3. The van der Waals surface area contributed by atoms with Crippen molar-refractivity contribution >= 4 is 20.6 Å². The average Bonchev–Trinajstić information content (AvgIpc) is 3.02. The second-order valence-corrected chi connectivity index (χ2v) is 19.1. The van der Waals surface area contributed by atoms with E-state index in [2.05, 4.69) is 25.7 Å². The van der Waals surface area contributed by atoms with Gasteiger partial charge in [0.15, 0.2) is 0 Å². The van der Waals surface area contributed by atoms with Gasteiger partial charge in [0, 0.05) is 0 Å². The summed E-state index contributed by atoms with van der Waals surface area (Å²) < 4.78 is 5.39. The number of rotatable bonds is 37. The van der Waals surface area contributed by atoms with Gasteiger partial charge in [0.25, 0.3) is 0 Å². The Kier molecular flexibility index (Phi) is 37.4. The molecule has 0 fully saturated rings. The SMILES string of the molecule is CCCCCCCCCCCCN(CCCCCC(=O)OCCCCC)CC[As](CCO)CCCCCCCCCCCC. The number of hydrogen-bond acceptors (Lipinski definition) is 4. The summed E-state index contributed by atoms with van der Waals surface area (Å²) in [7, 11) is 0. The van der Waals surface area contributed by atoms with Gasteiger partial charge in [-0.1, -0.05) is 39.5 Å². The molecule has 0 rings (SSSR count). The normalized spacial score (nSPS) is 12.3. The van der Waals surface area contributed by atoms with E-state index in [0.717, 1.165) is 37.3 Å². The molecule has 5 heteroatoms. The molecular formula is C39H80AsNO3. The van der Waals surface area contributed by atoms with E-state index < -0.39 is 14.7 Å². The Morgan fingerprint density at radius 3 is 1.43 bits per heavy atom. The molecule has 1 unspecified atom stereocenters. The van der Waals surface area contributed by atoms with E-state index in [1.54, 1.807) is 0 Å². The van der Waals surface area contributed by atoms with Crippen LogP contribution in [0.4, 0.5) is 0 Å². The number of nitrogens with zero attached hydrogens (tertiary/aromatic N) is 1. The minimum atomic E-state index is -0.944. The van der Waals surface area contributed by atoms with Crippen LogP contribution in [0.5, 0.6) is 0 Å². The van der Waals surface area contributed by atoms with Gasteiger partial charge in [-0.3, -0.25) is 0 Å². The first-order valence-corrected chi connectivity index (χ1v) is 23.9. The molecule has 0 heterocycles. The van der Waals surface area contributed by atoms with Crippen LogP contribution in [0.3, 0.4) is 0 Å². The second kappa shape index (κ2) is 37.4. The van der Waals surface area contributed by atoms with Crippen molar-refractivity contribution in [2.24, 2.45) is 0 Å². The number of carbonyl (C=O) groups excluding carboxylic acids is 1. The Hall–Kier alpha value is -0.0516. The van der Waals surface area contributed by atoms with Crippen LogP contribution < -0.4 is 0 Å². The van der Waals surface area contributed by atoms with E-state index in [1.807, 2.05) is 0 Å². The molecule has 0 aliphatic carbocycles. The molecule has 0 aromatic carbocycles. The molecule has 44 heavy (non-hydrogen) atoms. The molecule has 0 aromatic heterocycles. The summed E-state index contributed by atoms with van der Waals surface area (Å²) in [4.78, 5) is 14.8. The van der Waals surface area contributed by atoms with Crippen LogP contribution in [-0.4, -0.2) is 63.5 Å². The molecule has 0 aliphatic rings. The Balaban J connectivity index is 4.35. The molecular weight excluding hydrogens is 605 g/mol. The van der Waals surface area contributed by atoms with Gasteiger partial charge >= 0.3 is 243 Å². The predicted molar refractivity (Wildman–Crippen MR) is 196 cm³/mol. The van der Waals surface area contributed by atoms with Gasteiger partial charge in [-0.15, -0.1) is 0 Å². The fourth-order valence-corrected chi connectivity index (χ4v) is 10.7. The molecule has 1 N–H and O–H groups in total. The van der Waals surface area contributed by atoms with E-state index in [1.165, 1.54) is 165 Å². The summed E-state index contributed by atoms with van der Waals surface area (Å²) in [6.45, 7) is 11.4. The summed E-state index contributed by atoms with van der Waals surface area (Å²) in [5.41, 5.74) is 0. The van der Waals surface area contributed by atoms with Gasteiger partial charge in [0.05, 0.1) is 0 Å². The first kappa shape index (κ1) is 43.9. The van der Waals surface area contributed by atoms with Gasteiger partial charge < -0.3 is 0 Å². The monoisotopic (exact) mass is 686 g/mol. The van der Waals surface area contributed by atoms with Crippen molar-refractivity contribution < 1.29 is 14.6 Å². The van der Waals surface area contributed by atoms with Crippen molar-refractivity contribution in [1.29, 1.82) is 0 Å². The number of hydrogen-bond donors (Lipinski definition) is 1. The standard InChI is InChI=1S/C39H80AsNO3/c1-4-7-10-12-14-16-18-20-22-26-31-40(33-37-42)32-36-41(34-27-23-21-19-17-15-13-11-8-5-2)35-28-24-25-30-39(43)44-38-29-9-6-3/h42H,4-38H2,1-3H3. The summed E-state index contributed by atoms with van der Waals surface area (Å²) in [5, 5.41) is 13.7.